The van der Waals surface area contributed by atoms with Crippen LogP contribution in [0.15, 0.2) is 114 Å². The second-order valence-electron chi connectivity index (χ2n) is 22.6. The summed E-state index contributed by atoms with van der Waals surface area (Å²) in [5, 5.41) is 19.5. The molecule has 4 N–H and O–H groups in total. The molecule has 4 aliphatic heterocycles. The molecule has 3 fully saturated rings. The number of likely N-dealkylation sites (tertiary alicyclic amines) is 1. The molecular formula is C61H63ClN10O9S. The minimum Gasteiger partial charge on any atom is -0.455 e. The van der Waals surface area contributed by atoms with E-state index in [1.165, 1.54) is 46.0 Å². The fraction of sp³-hybridized carbons (Fsp3) is 0.361. The van der Waals surface area contributed by atoms with Crippen molar-refractivity contribution in [2.75, 3.05) is 69.1 Å². The van der Waals surface area contributed by atoms with Crippen molar-refractivity contribution >= 4 is 78.9 Å². The summed E-state index contributed by atoms with van der Waals surface area (Å²) in [5.74, 6) is 5.02. The Morgan fingerprint density at radius 3 is 2.49 bits per heavy atom. The lowest BCUT2D eigenvalue weighted by atomic mass is 9.72. The summed E-state index contributed by atoms with van der Waals surface area (Å²) in [5.41, 5.74) is 7.30. The quantitative estimate of drug-likeness (QED) is 0.0326. The highest BCUT2D eigenvalue weighted by Crippen LogP contribution is 2.44. The molecule has 424 valence electrons. The van der Waals surface area contributed by atoms with E-state index in [9.17, 15) is 37.7 Å². The van der Waals surface area contributed by atoms with Crippen LogP contribution in [-0.2, 0) is 26.2 Å². The number of piperidine rings is 2. The number of ether oxygens (including phenoxy) is 1. The molecule has 6 aromatic rings. The molecule has 1 aliphatic carbocycles. The fourth-order valence-electron chi connectivity index (χ4n) is 11.7. The number of hydrogen-bond acceptors (Lipinski definition) is 14. The highest BCUT2D eigenvalue weighted by atomic mass is 35.5. The minimum atomic E-state index is -4.64. The van der Waals surface area contributed by atoms with Crippen LogP contribution in [0.2, 0.25) is 5.02 Å². The molecule has 4 amide bonds. The van der Waals surface area contributed by atoms with E-state index in [0.29, 0.717) is 53.7 Å². The third-order valence-corrected chi connectivity index (χ3v) is 18.0. The summed E-state index contributed by atoms with van der Waals surface area (Å²) in [6.45, 7) is 11.1. The number of aromatic amines is 1. The minimum absolute atomic E-state index is 0.0648. The number of carbonyl (C=O) groups excluding carboxylic acids is 4. The van der Waals surface area contributed by atoms with Crippen LogP contribution >= 0.6 is 11.6 Å². The number of fused-ring (bicyclic) bond motifs is 2. The van der Waals surface area contributed by atoms with Crippen molar-refractivity contribution in [1.29, 1.82) is 0 Å². The molecule has 19 nitrogen and oxygen atoms in total. The van der Waals surface area contributed by atoms with Crippen LogP contribution in [0.3, 0.4) is 0 Å². The molecular weight excluding hydrogens is 1080 g/mol. The lowest BCUT2D eigenvalue weighted by Crippen LogP contribution is -2.52. The van der Waals surface area contributed by atoms with Crippen molar-refractivity contribution in [1.82, 2.24) is 34.7 Å². The Morgan fingerprint density at radius 1 is 0.927 bits per heavy atom. The Hall–Kier alpha value is -8.09. The number of imide groups is 1. The van der Waals surface area contributed by atoms with Gasteiger partial charge >= 0.3 is 0 Å². The molecule has 6 heterocycles. The molecule has 1 unspecified atom stereocenters. The second-order valence-corrected chi connectivity index (χ2v) is 24.7. The Labute approximate surface area is 480 Å². The van der Waals surface area contributed by atoms with Gasteiger partial charge in [0.05, 0.1) is 28.1 Å². The van der Waals surface area contributed by atoms with Gasteiger partial charge in [-0.05, 0) is 140 Å². The first-order valence-electron chi connectivity index (χ1n) is 27.7. The first-order valence-corrected chi connectivity index (χ1v) is 29.6. The molecule has 11 rings (SSSR count). The SMILES string of the molecule is CC1(C)CCC(CN2CCN(c3ccc(C(=O)NS(=O)(=O)c4ccc(NCC5CCN(CC#Cc6cccc7c6CN(C6CCC(=O)NC6=O)C7=O)CC5)c([N+](=O)[O-])c4)c(Oc4cnc5[nH]ccc5c4)c3)CC2)=C(c2ccc(Cl)cc2)C1. The van der Waals surface area contributed by atoms with Crippen LogP contribution in [0.5, 0.6) is 11.5 Å². The number of H-pyrrole nitrogens is 1. The Morgan fingerprint density at radius 2 is 1.72 bits per heavy atom. The normalized spacial score (nSPS) is 18.9. The number of nitro benzene ring substituents is 1. The molecule has 0 radical (unpaired) electrons. The first kappa shape index (κ1) is 55.8. The highest BCUT2D eigenvalue weighted by molar-refractivity contribution is 7.90. The van der Waals surface area contributed by atoms with Crippen LogP contribution in [0.25, 0.3) is 16.6 Å². The van der Waals surface area contributed by atoms with Gasteiger partial charge < -0.3 is 24.8 Å². The molecule has 0 bridgehead atoms. The number of anilines is 2. The number of carbonyl (C=O) groups is 4. The van der Waals surface area contributed by atoms with Gasteiger partial charge in [0, 0.05) is 97.8 Å². The molecule has 0 spiro atoms. The number of nitrogens with zero attached hydrogens (tertiary/aromatic N) is 6. The van der Waals surface area contributed by atoms with Crippen LogP contribution < -0.4 is 25.0 Å². The number of benzene rings is 4. The van der Waals surface area contributed by atoms with Crippen molar-refractivity contribution in [2.24, 2.45) is 11.3 Å². The van der Waals surface area contributed by atoms with E-state index in [1.54, 1.807) is 36.5 Å². The van der Waals surface area contributed by atoms with Crippen molar-refractivity contribution in [3.8, 4) is 23.3 Å². The van der Waals surface area contributed by atoms with Crippen LogP contribution in [0.1, 0.15) is 96.2 Å². The van der Waals surface area contributed by atoms with Gasteiger partial charge in [-0.25, -0.2) is 18.1 Å². The van der Waals surface area contributed by atoms with Gasteiger partial charge in [0.2, 0.25) is 11.8 Å². The number of aromatic nitrogens is 2. The lowest BCUT2D eigenvalue weighted by molar-refractivity contribution is -0.384. The zero-order chi connectivity index (χ0) is 57.3. The molecule has 4 aromatic carbocycles. The molecule has 1 atom stereocenters. The molecule has 21 heteroatoms. The lowest BCUT2D eigenvalue weighted by Gasteiger charge is -2.39. The predicted octanol–water partition coefficient (Wildman–Crippen LogP) is 8.76. The van der Waals surface area contributed by atoms with E-state index >= 15 is 0 Å². The summed E-state index contributed by atoms with van der Waals surface area (Å²) >= 11 is 6.27. The summed E-state index contributed by atoms with van der Waals surface area (Å²) in [6.07, 6.45) is 8.42. The largest absolute Gasteiger partial charge is 0.455 e. The summed E-state index contributed by atoms with van der Waals surface area (Å²) in [6, 6.07) is 25.0. The zero-order valence-electron chi connectivity index (χ0n) is 45.6. The van der Waals surface area contributed by atoms with Crippen LogP contribution in [0.4, 0.5) is 17.1 Å². The third kappa shape index (κ3) is 12.4. The Bertz CT molecular complexity index is 3720. The van der Waals surface area contributed by atoms with E-state index in [1.807, 2.05) is 24.3 Å². The first-order chi connectivity index (χ1) is 39.4. The van der Waals surface area contributed by atoms with E-state index in [-0.39, 0.29) is 59.5 Å². The standard InChI is InChI=1S/C61H63ClN10O9S/c1-61(2)22-18-43(50(34-61)41-8-10-44(62)11-9-41)37-69-27-29-70(30-28-69)45-12-14-49(55(32-45)81-46-31-42-19-23-63-57(42)65-36-46)58(74)67-82(79,80)47-13-15-52(54(33-47)72(77)78)64-35-39-20-25-68(26-21-39)24-4-6-40-5-3-7-48-51(40)38-71(60(48)76)53-16-17-56(73)66-59(53)75/h3,5,7-15,19,23,31-33,36,39,53,64H,16-18,20-22,24-30,34-35,37-38H2,1-2H3,(H,63,65)(H,67,74)(H,66,73,75). The molecule has 5 aliphatic rings. The van der Waals surface area contributed by atoms with Crippen molar-refractivity contribution in [3.63, 3.8) is 0 Å². The van der Waals surface area contributed by atoms with Gasteiger partial charge in [-0.3, -0.25) is 44.4 Å². The number of amides is 4. The number of piperazine rings is 1. The number of sulfonamides is 1. The van der Waals surface area contributed by atoms with E-state index in [0.717, 1.165) is 87.5 Å². The molecule has 82 heavy (non-hydrogen) atoms. The smallest absolute Gasteiger partial charge is 0.293 e. The van der Waals surface area contributed by atoms with Gasteiger partial charge in [0.1, 0.15) is 28.9 Å². The number of allylic oxidation sites excluding steroid dienone is 1. The average Bonchev–Trinajstić information content (AvgIpc) is 4.16. The summed E-state index contributed by atoms with van der Waals surface area (Å²) in [4.78, 5) is 78.9. The van der Waals surface area contributed by atoms with Crippen molar-refractivity contribution in [2.45, 2.75) is 76.3 Å². The van der Waals surface area contributed by atoms with Crippen LogP contribution in [0, 0.1) is 33.3 Å². The van der Waals surface area contributed by atoms with Gasteiger partial charge in [-0.1, -0.05) is 61.1 Å². The van der Waals surface area contributed by atoms with Gasteiger partial charge in [0.25, 0.3) is 27.5 Å². The fourth-order valence-corrected chi connectivity index (χ4v) is 12.9. The number of hydrogen-bond donors (Lipinski definition) is 4. The Balaban J connectivity index is 0.718. The van der Waals surface area contributed by atoms with E-state index < -0.39 is 43.4 Å². The number of halogens is 1. The monoisotopic (exact) mass is 1150 g/mol. The second kappa shape index (κ2) is 23.4. The summed E-state index contributed by atoms with van der Waals surface area (Å²) < 4.78 is 36.4. The van der Waals surface area contributed by atoms with Crippen LogP contribution in [-0.4, -0.2) is 127 Å². The Kier molecular flexibility index (Phi) is 15.9. The molecule has 0 saturated carbocycles. The van der Waals surface area contributed by atoms with E-state index in [2.05, 4.69) is 77.8 Å². The van der Waals surface area contributed by atoms with Gasteiger partial charge in [-0.15, -0.1) is 0 Å². The number of nitrogens with one attached hydrogen (secondary N) is 4. The number of pyridine rings is 1. The number of rotatable bonds is 15. The predicted molar refractivity (Wildman–Crippen MR) is 312 cm³/mol. The van der Waals surface area contributed by atoms with Gasteiger partial charge in [-0.2, -0.15) is 0 Å². The molecule has 3 saturated heterocycles. The number of nitro groups is 1. The zero-order valence-corrected chi connectivity index (χ0v) is 47.2. The highest BCUT2D eigenvalue weighted by Gasteiger charge is 2.40. The maximum absolute atomic E-state index is 14.1. The van der Waals surface area contributed by atoms with Gasteiger partial charge in [0.15, 0.2) is 0 Å². The summed E-state index contributed by atoms with van der Waals surface area (Å²) in [7, 11) is -4.64. The van der Waals surface area contributed by atoms with E-state index in [4.69, 9.17) is 16.3 Å². The maximum Gasteiger partial charge on any atom is 0.293 e. The van der Waals surface area contributed by atoms with Crippen molar-refractivity contribution < 1.29 is 37.3 Å². The van der Waals surface area contributed by atoms with Crippen molar-refractivity contribution in [3.05, 3.63) is 152 Å². The molecule has 2 aromatic heterocycles. The average molecular weight is 1150 g/mol. The third-order valence-electron chi connectivity index (χ3n) is 16.4. The topological polar surface area (TPSA) is 233 Å². The maximum atomic E-state index is 14.1.